The van der Waals surface area contributed by atoms with Crippen LogP contribution in [-0.4, -0.2) is 19.1 Å². The van der Waals surface area contributed by atoms with E-state index in [1.54, 1.807) is 0 Å². The van der Waals surface area contributed by atoms with Gasteiger partial charge in [-0.3, -0.25) is 4.79 Å². The number of amides is 1. The average molecular weight is 423 g/mol. The van der Waals surface area contributed by atoms with E-state index in [4.69, 9.17) is 4.74 Å². The lowest BCUT2D eigenvalue weighted by molar-refractivity contribution is 0.0946. The summed E-state index contributed by atoms with van der Waals surface area (Å²) in [6.45, 7) is 7.48. The summed E-state index contributed by atoms with van der Waals surface area (Å²) < 4.78 is 6.62. The van der Waals surface area contributed by atoms with E-state index in [0.29, 0.717) is 18.7 Å². The van der Waals surface area contributed by atoms with Crippen molar-refractivity contribution in [1.29, 1.82) is 0 Å². The van der Waals surface area contributed by atoms with Crippen molar-refractivity contribution in [3.05, 3.63) is 63.2 Å². The molecule has 2 aromatic carbocycles. The van der Waals surface area contributed by atoms with Crippen molar-refractivity contribution in [3.8, 4) is 5.75 Å². The highest BCUT2D eigenvalue weighted by Gasteiger charge is 2.13. The Bertz CT molecular complexity index is 660. The zero-order valence-electron chi connectivity index (χ0n) is 13.7. The third-order valence-electron chi connectivity index (χ3n) is 3.50. The fourth-order valence-electron chi connectivity index (χ4n) is 2.13. The summed E-state index contributed by atoms with van der Waals surface area (Å²) >= 11 is 2.16. The molecule has 0 fully saturated rings. The van der Waals surface area contributed by atoms with E-state index in [9.17, 15) is 4.79 Å². The Morgan fingerprint density at radius 2 is 1.74 bits per heavy atom. The van der Waals surface area contributed by atoms with Crippen LogP contribution in [0.1, 0.15) is 36.7 Å². The van der Waals surface area contributed by atoms with Gasteiger partial charge in [0, 0.05) is 3.57 Å². The number of carbonyl (C=O) groups excluding carboxylic acids is 1. The normalized spacial score (nSPS) is 11.1. The Hall–Kier alpha value is -1.56. The van der Waals surface area contributed by atoms with E-state index >= 15 is 0 Å². The van der Waals surface area contributed by atoms with Gasteiger partial charge in [-0.05, 0) is 57.8 Å². The second kappa shape index (κ2) is 7.81. The lowest BCUT2D eigenvalue weighted by Gasteiger charge is -2.19. The van der Waals surface area contributed by atoms with Crippen LogP contribution in [0.5, 0.6) is 5.75 Å². The smallest absolute Gasteiger partial charge is 0.252 e. The Labute approximate surface area is 151 Å². The second-order valence-electron chi connectivity index (χ2n) is 6.36. The molecule has 0 aliphatic heterocycles. The van der Waals surface area contributed by atoms with Crippen LogP contribution in [0.25, 0.3) is 0 Å². The molecular weight excluding hydrogens is 401 g/mol. The van der Waals surface area contributed by atoms with Crippen LogP contribution in [0.4, 0.5) is 0 Å². The zero-order chi connectivity index (χ0) is 16.9. The number of hydrogen-bond acceptors (Lipinski definition) is 2. The van der Waals surface area contributed by atoms with Crippen LogP contribution in [0, 0.1) is 3.57 Å². The van der Waals surface area contributed by atoms with E-state index in [1.807, 2.05) is 36.4 Å². The highest BCUT2D eigenvalue weighted by atomic mass is 127. The monoisotopic (exact) mass is 423 g/mol. The Morgan fingerprint density at radius 1 is 1.09 bits per heavy atom. The lowest BCUT2D eigenvalue weighted by atomic mass is 9.87. The minimum atomic E-state index is -0.0679. The molecule has 0 saturated carbocycles. The molecule has 0 aliphatic carbocycles. The van der Waals surface area contributed by atoms with Crippen LogP contribution in [0.15, 0.2) is 48.5 Å². The molecule has 0 unspecified atom stereocenters. The van der Waals surface area contributed by atoms with Crippen molar-refractivity contribution in [3.63, 3.8) is 0 Å². The van der Waals surface area contributed by atoms with Crippen LogP contribution in [-0.2, 0) is 5.41 Å². The number of carbonyl (C=O) groups is 1. The highest BCUT2D eigenvalue weighted by molar-refractivity contribution is 14.1. The molecule has 0 saturated heterocycles. The van der Waals surface area contributed by atoms with E-state index in [2.05, 4.69) is 60.8 Å². The zero-order valence-corrected chi connectivity index (χ0v) is 15.9. The van der Waals surface area contributed by atoms with Crippen LogP contribution in [0.2, 0.25) is 0 Å². The molecule has 1 amide bonds. The van der Waals surface area contributed by atoms with Gasteiger partial charge in [0.05, 0.1) is 12.1 Å². The molecule has 2 aromatic rings. The third-order valence-corrected chi connectivity index (χ3v) is 4.44. The van der Waals surface area contributed by atoms with Crippen LogP contribution in [0.3, 0.4) is 0 Å². The summed E-state index contributed by atoms with van der Waals surface area (Å²) in [4.78, 5) is 12.1. The molecular formula is C19H22INO2. The van der Waals surface area contributed by atoms with Gasteiger partial charge < -0.3 is 10.1 Å². The molecule has 3 nitrogen and oxygen atoms in total. The van der Waals surface area contributed by atoms with E-state index in [0.717, 1.165) is 9.32 Å². The summed E-state index contributed by atoms with van der Waals surface area (Å²) in [5.41, 5.74) is 2.11. The molecule has 0 radical (unpaired) electrons. The predicted octanol–water partition coefficient (Wildman–Crippen LogP) is 4.40. The molecule has 0 aromatic heterocycles. The van der Waals surface area contributed by atoms with Gasteiger partial charge in [-0.1, -0.05) is 45.0 Å². The fraction of sp³-hybridized carbons (Fsp3) is 0.316. The van der Waals surface area contributed by atoms with Crippen LogP contribution < -0.4 is 10.1 Å². The second-order valence-corrected chi connectivity index (χ2v) is 7.52. The summed E-state index contributed by atoms with van der Waals surface area (Å²) in [7, 11) is 0. The molecule has 0 aliphatic rings. The van der Waals surface area contributed by atoms with E-state index in [1.165, 1.54) is 5.56 Å². The summed E-state index contributed by atoms with van der Waals surface area (Å²) in [5.74, 6) is 0.753. The first-order valence-electron chi connectivity index (χ1n) is 7.64. The van der Waals surface area contributed by atoms with Crippen LogP contribution >= 0.6 is 22.6 Å². The van der Waals surface area contributed by atoms with Gasteiger partial charge in [0.1, 0.15) is 12.4 Å². The maximum atomic E-state index is 12.1. The molecule has 4 heteroatoms. The standard InChI is InChI=1S/C19H22INO2/c1-19(2,3)14-8-10-15(11-9-14)23-13-12-21-18(22)16-6-4-5-7-17(16)20/h4-11H,12-13H2,1-3H3,(H,21,22). The molecule has 0 bridgehead atoms. The van der Waals surface area contributed by atoms with Crippen molar-refractivity contribution in [2.75, 3.05) is 13.2 Å². The number of halogens is 1. The first kappa shape index (κ1) is 17.8. The van der Waals surface area contributed by atoms with Gasteiger partial charge in [-0.2, -0.15) is 0 Å². The van der Waals surface area contributed by atoms with Gasteiger partial charge in [-0.25, -0.2) is 0 Å². The SMILES string of the molecule is CC(C)(C)c1ccc(OCCNC(=O)c2ccccc2I)cc1. The first-order valence-corrected chi connectivity index (χ1v) is 8.72. The third kappa shape index (κ3) is 5.23. The maximum absolute atomic E-state index is 12.1. The summed E-state index contributed by atoms with van der Waals surface area (Å²) in [5, 5.41) is 2.88. The van der Waals surface area contributed by atoms with Gasteiger partial charge in [0.25, 0.3) is 5.91 Å². The number of ether oxygens (including phenoxy) is 1. The fourth-order valence-corrected chi connectivity index (χ4v) is 2.76. The van der Waals surface area contributed by atoms with Gasteiger partial charge in [0.15, 0.2) is 0 Å². The van der Waals surface area contributed by atoms with Crippen molar-refractivity contribution in [1.82, 2.24) is 5.32 Å². The minimum absolute atomic E-state index is 0.0679. The lowest BCUT2D eigenvalue weighted by Crippen LogP contribution is -2.28. The highest BCUT2D eigenvalue weighted by Crippen LogP contribution is 2.24. The van der Waals surface area contributed by atoms with Crippen molar-refractivity contribution >= 4 is 28.5 Å². The predicted molar refractivity (Wildman–Crippen MR) is 102 cm³/mol. The molecule has 1 N–H and O–H groups in total. The minimum Gasteiger partial charge on any atom is -0.492 e. The van der Waals surface area contributed by atoms with Gasteiger partial charge in [-0.15, -0.1) is 0 Å². The van der Waals surface area contributed by atoms with E-state index < -0.39 is 0 Å². The Balaban J connectivity index is 1.79. The largest absolute Gasteiger partial charge is 0.492 e. The quantitative estimate of drug-likeness (QED) is 0.572. The number of rotatable bonds is 5. The van der Waals surface area contributed by atoms with Crippen molar-refractivity contribution in [2.24, 2.45) is 0 Å². The molecule has 23 heavy (non-hydrogen) atoms. The van der Waals surface area contributed by atoms with E-state index in [-0.39, 0.29) is 11.3 Å². The number of hydrogen-bond donors (Lipinski definition) is 1. The summed E-state index contributed by atoms with van der Waals surface area (Å²) in [6, 6.07) is 15.6. The molecule has 0 heterocycles. The molecule has 0 atom stereocenters. The molecule has 2 rings (SSSR count). The van der Waals surface area contributed by atoms with Crippen molar-refractivity contribution < 1.29 is 9.53 Å². The number of nitrogens with one attached hydrogen (secondary N) is 1. The number of benzene rings is 2. The maximum Gasteiger partial charge on any atom is 0.252 e. The average Bonchev–Trinajstić information content (AvgIpc) is 2.51. The first-order chi connectivity index (χ1) is 10.9. The Morgan fingerprint density at radius 3 is 2.35 bits per heavy atom. The summed E-state index contributed by atoms with van der Waals surface area (Å²) in [6.07, 6.45) is 0. The van der Waals surface area contributed by atoms with Gasteiger partial charge in [0.2, 0.25) is 0 Å². The van der Waals surface area contributed by atoms with Crippen molar-refractivity contribution in [2.45, 2.75) is 26.2 Å². The topological polar surface area (TPSA) is 38.3 Å². The Kier molecular flexibility index (Phi) is 6.04. The molecule has 0 spiro atoms. The molecule has 122 valence electrons. The van der Waals surface area contributed by atoms with Gasteiger partial charge >= 0.3 is 0 Å².